The van der Waals surface area contributed by atoms with Crippen LogP contribution in [0.3, 0.4) is 0 Å². The van der Waals surface area contributed by atoms with E-state index in [9.17, 15) is 19.5 Å². The van der Waals surface area contributed by atoms with E-state index in [4.69, 9.17) is 9.72 Å². The van der Waals surface area contributed by atoms with Gasteiger partial charge in [0.2, 0.25) is 0 Å². The Hall–Kier alpha value is -2.58. The van der Waals surface area contributed by atoms with Gasteiger partial charge >= 0.3 is 11.9 Å². The summed E-state index contributed by atoms with van der Waals surface area (Å²) in [7, 11) is 4.30. The minimum atomic E-state index is -1.15. The van der Waals surface area contributed by atoms with E-state index in [0.717, 1.165) is 88.7 Å². The number of esters is 1. The van der Waals surface area contributed by atoms with Crippen molar-refractivity contribution in [3.63, 3.8) is 0 Å². The highest BCUT2D eigenvalue weighted by molar-refractivity contribution is 6.00. The number of carboxylic acid groups (broad SMARTS) is 1. The third kappa shape index (κ3) is 7.27. The largest absolute Gasteiger partial charge is 0.481 e. The Labute approximate surface area is 345 Å². The lowest BCUT2D eigenvalue weighted by Crippen LogP contribution is -2.65. The first-order valence-corrected chi connectivity index (χ1v) is 22.4. The van der Waals surface area contributed by atoms with Crippen molar-refractivity contribution >= 4 is 17.7 Å². The lowest BCUT2D eigenvalue weighted by Gasteiger charge is -2.72. The van der Waals surface area contributed by atoms with Gasteiger partial charge in [0.15, 0.2) is 5.78 Å². The molecule has 0 aromatic carbocycles. The number of likely N-dealkylation sites (N-methyl/N-ethyl adjacent to an activating group) is 1. The van der Waals surface area contributed by atoms with Gasteiger partial charge in [0.25, 0.3) is 0 Å². The fourth-order valence-corrected chi connectivity index (χ4v) is 14.1. The first kappa shape index (κ1) is 44.0. The van der Waals surface area contributed by atoms with Crippen molar-refractivity contribution in [3.05, 3.63) is 41.2 Å². The highest BCUT2D eigenvalue weighted by Crippen LogP contribution is 2.77. The quantitative estimate of drug-likeness (QED) is 0.197. The molecule has 8 atom stereocenters. The Morgan fingerprint density at radius 3 is 2.21 bits per heavy atom. The highest BCUT2D eigenvalue weighted by Gasteiger charge is 2.70. The summed E-state index contributed by atoms with van der Waals surface area (Å²) in [5.41, 5.74) is 2.39. The van der Waals surface area contributed by atoms with Gasteiger partial charge in [0.1, 0.15) is 6.10 Å². The van der Waals surface area contributed by atoms with Gasteiger partial charge in [-0.05, 0) is 164 Å². The van der Waals surface area contributed by atoms with Gasteiger partial charge in [-0.3, -0.25) is 24.3 Å². The average Bonchev–Trinajstić information content (AvgIpc) is 3.41. The van der Waals surface area contributed by atoms with Crippen LogP contribution in [0.5, 0.6) is 0 Å². The van der Waals surface area contributed by atoms with E-state index in [0.29, 0.717) is 30.0 Å². The number of allylic oxidation sites excluding steroid dienone is 2. The Balaban J connectivity index is 1.29. The zero-order valence-corrected chi connectivity index (χ0v) is 38.0. The maximum absolute atomic E-state index is 14.4. The van der Waals surface area contributed by atoms with E-state index < -0.39 is 17.4 Å². The molecule has 8 heteroatoms. The van der Waals surface area contributed by atoms with E-state index in [1.54, 1.807) is 19.4 Å². The summed E-state index contributed by atoms with van der Waals surface area (Å²) in [6.07, 6.45) is 11.8. The van der Waals surface area contributed by atoms with Gasteiger partial charge in [0, 0.05) is 36.5 Å². The van der Waals surface area contributed by atoms with Gasteiger partial charge in [-0.25, -0.2) is 0 Å². The van der Waals surface area contributed by atoms with Crippen LogP contribution in [-0.4, -0.2) is 77.4 Å². The lowest BCUT2D eigenvalue weighted by atomic mass is 9.33. The average molecular weight is 788 g/mol. The molecule has 5 aliphatic carbocycles. The molecule has 8 nitrogen and oxygen atoms in total. The van der Waals surface area contributed by atoms with Crippen LogP contribution in [-0.2, 0) is 24.7 Å². The van der Waals surface area contributed by atoms with Crippen LogP contribution < -0.4 is 0 Å². The maximum Gasteiger partial charge on any atom is 0.309 e. The molecule has 0 saturated heterocycles. The monoisotopic (exact) mass is 788 g/mol. The number of rotatable bonds is 13. The summed E-state index contributed by atoms with van der Waals surface area (Å²) >= 11 is 0. The fourth-order valence-electron chi connectivity index (χ4n) is 14.1. The summed E-state index contributed by atoms with van der Waals surface area (Å²) in [6.45, 7) is 27.6. The molecule has 1 N–H and O–H groups in total. The van der Waals surface area contributed by atoms with Gasteiger partial charge in [-0.15, -0.1) is 0 Å². The molecule has 1 aromatic rings. The Morgan fingerprint density at radius 2 is 1.60 bits per heavy atom. The fraction of sp³-hybridized carbons (Fsp3) is 0.796. The summed E-state index contributed by atoms with van der Waals surface area (Å²) in [5, 5.41) is 9.66. The van der Waals surface area contributed by atoms with Crippen LogP contribution in [0.4, 0.5) is 0 Å². The van der Waals surface area contributed by atoms with Crippen molar-refractivity contribution < 1.29 is 24.2 Å². The van der Waals surface area contributed by atoms with Crippen molar-refractivity contribution in [2.24, 2.45) is 56.2 Å². The van der Waals surface area contributed by atoms with Crippen molar-refractivity contribution in [3.8, 4) is 0 Å². The zero-order chi connectivity index (χ0) is 42.1. The topological polar surface area (TPSA) is 100 Å². The second kappa shape index (κ2) is 15.2. The molecule has 0 aliphatic heterocycles. The number of nitrogens with zero attached hydrogens (tertiary/aromatic N) is 3. The van der Waals surface area contributed by atoms with E-state index in [1.165, 1.54) is 0 Å². The van der Waals surface area contributed by atoms with E-state index in [1.807, 2.05) is 12.3 Å². The molecular weight excluding hydrogens is 711 g/mol. The summed E-state index contributed by atoms with van der Waals surface area (Å²) in [5.74, 6) is 0.584. The van der Waals surface area contributed by atoms with Crippen LogP contribution in [0.1, 0.15) is 152 Å². The first-order chi connectivity index (χ1) is 26.4. The summed E-state index contributed by atoms with van der Waals surface area (Å²) < 4.78 is 6.22. The molecule has 57 heavy (non-hydrogen) atoms. The molecule has 1 heterocycles. The van der Waals surface area contributed by atoms with Gasteiger partial charge < -0.3 is 14.7 Å². The molecule has 0 radical (unpaired) electrons. The molecule has 0 bridgehead atoms. The second-order valence-electron chi connectivity index (χ2n) is 22.5. The van der Waals surface area contributed by atoms with Crippen molar-refractivity contribution in [2.75, 3.05) is 33.7 Å². The smallest absolute Gasteiger partial charge is 0.309 e. The third-order valence-corrected chi connectivity index (χ3v) is 17.7. The number of ether oxygens (including phenoxy) is 1. The number of hydrogen-bond acceptors (Lipinski definition) is 7. The molecule has 5 aliphatic rings. The minimum Gasteiger partial charge on any atom is -0.481 e. The molecule has 0 amide bonds. The molecule has 318 valence electrons. The number of carbonyl (C=O) groups excluding carboxylic acids is 2. The van der Waals surface area contributed by atoms with E-state index in [-0.39, 0.29) is 51.1 Å². The number of ketones is 1. The summed E-state index contributed by atoms with van der Waals surface area (Å²) in [4.78, 5) is 49.1. The molecular formula is C49H77N3O5. The molecule has 6 rings (SSSR count). The maximum atomic E-state index is 14.4. The highest BCUT2D eigenvalue weighted by atomic mass is 16.5. The van der Waals surface area contributed by atoms with E-state index >= 15 is 0 Å². The van der Waals surface area contributed by atoms with Crippen LogP contribution in [0.2, 0.25) is 0 Å². The number of aromatic nitrogens is 1. The zero-order valence-electron chi connectivity index (χ0n) is 38.0. The lowest BCUT2D eigenvalue weighted by molar-refractivity contribution is -0.233. The van der Waals surface area contributed by atoms with Crippen LogP contribution in [0.15, 0.2) is 35.5 Å². The molecule has 4 saturated carbocycles. The van der Waals surface area contributed by atoms with Crippen molar-refractivity contribution in [1.82, 2.24) is 14.8 Å². The second-order valence-corrected chi connectivity index (χ2v) is 22.5. The minimum absolute atomic E-state index is 0.0845. The predicted octanol–water partition coefficient (Wildman–Crippen LogP) is 9.96. The SMILES string of the molecule is CC(C)C1=C2C3CCC4C5(C)CCC(OC(=O)CC(C)(C)C(=O)O)C(C)(C)C5CCC4(C)C3(C)CCC2(CCN(CCN(C)C)C(C)(C)c2ccccn2)CC1=O. The molecule has 8 unspecified atom stereocenters. The third-order valence-electron chi connectivity index (χ3n) is 17.7. The number of aliphatic carboxylic acids is 1. The molecule has 0 spiro atoms. The van der Waals surface area contributed by atoms with Crippen molar-refractivity contribution in [2.45, 2.75) is 158 Å². The van der Waals surface area contributed by atoms with Gasteiger partial charge in [0.05, 0.1) is 23.1 Å². The molecule has 4 fully saturated rings. The predicted molar refractivity (Wildman–Crippen MR) is 227 cm³/mol. The Morgan fingerprint density at radius 1 is 0.895 bits per heavy atom. The number of Topliss-reactive ketones (excluding diaryl/α,β-unsaturated/α-hetero) is 1. The van der Waals surface area contributed by atoms with Crippen LogP contribution in [0, 0.1) is 56.2 Å². The summed E-state index contributed by atoms with van der Waals surface area (Å²) in [6, 6.07) is 6.25. The number of hydrogen-bond donors (Lipinski definition) is 1. The van der Waals surface area contributed by atoms with Crippen LogP contribution in [0.25, 0.3) is 0 Å². The normalized spacial score (nSPS) is 35.2. The number of fused-ring (bicyclic) bond motifs is 7. The van der Waals surface area contributed by atoms with Crippen LogP contribution >= 0.6 is 0 Å². The number of pyridine rings is 1. The Kier molecular flexibility index (Phi) is 11.7. The van der Waals surface area contributed by atoms with Gasteiger partial charge in [-0.2, -0.15) is 0 Å². The first-order valence-electron chi connectivity index (χ1n) is 22.4. The van der Waals surface area contributed by atoms with Crippen molar-refractivity contribution in [1.29, 1.82) is 0 Å². The van der Waals surface area contributed by atoms with E-state index in [2.05, 4.69) is 98.3 Å². The number of carbonyl (C=O) groups is 3. The standard InChI is InChI=1S/C49H77N3O5/c1-32(2)40-34(53)30-49(25-27-52(29-28-51(12)13)45(7,8)37-16-14-15-26-50-37)24-23-47(10)33(41(40)49)17-18-36-46(9)21-20-38(57-39(54)31-43(3,4)42(55)56)44(5,6)35(46)19-22-48(36,47)11/h14-16,26,32-33,35-36,38H,17-25,27-31H2,1-13H3,(H,55,56). The molecule has 1 aromatic heterocycles. The number of carboxylic acids is 1. The van der Waals surface area contributed by atoms with Gasteiger partial charge in [-0.1, -0.05) is 60.1 Å². The Bertz CT molecular complexity index is 1730.